The first-order chi connectivity index (χ1) is 17.6. The number of urea groups is 1. The summed E-state index contributed by atoms with van der Waals surface area (Å²) in [6, 6.07) is 12.7. The van der Waals surface area contributed by atoms with Crippen molar-refractivity contribution in [2.45, 2.75) is 51.4 Å². The van der Waals surface area contributed by atoms with Crippen LogP contribution >= 0.6 is 0 Å². The van der Waals surface area contributed by atoms with E-state index in [1.807, 2.05) is 30.3 Å². The van der Waals surface area contributed by atoms with E-state index in [0.717, 1.165) is 0 Å². The quantitative estimate of drug-likeness (QED) is 0.386. The van der Waals surface area contributed by atoms with Crippen LogP contribution in [-0.2, 0) is 17.9 Å². The van der Waals surface area contributed by atoms with Crippen molar-refractivity contribution in [1.82, 2.24) is 15.1 Å². The number of ether oxygens (including phenoxy) is 3. The van der Waals surface area contributed by atoms with Crippen LogP contribution in [0.5, 0.6) is 11.6 Å². The van der Waals surface area contributed by atoms with Crippen molar-refractivity contribution in [3.8, 4) is 17.3 Å². The zero-order valence-corrected chi connectivity index (χ0v) is 20.3. The second-order valence-corrected chi connectivity index (χ2v) is 8.73. The van der Waals surface area contributed by atoms with E-state index in [4.69, 9.17) is 15.2 Å². The molecule has 4 rings (SSSR count). The van der Waals surface area contributed by atoms with Crippen LogP contribution in [0.15, 0.2) is 48.5 Å². The van der Waals surface area contributed by atoms with Crippen LogP contribution in [0.2, 0.25) is 0 Å². The van der Waals surface area contributed by atoms with Gasteiger partial charge in [0, 0.05) is 25.3 Å². The standard InChI is InChI=1S/C25H28F3N5O4/c1-15-22(33(19-6-4-3-5-7-19)32-23(15)36-20-11-18(29)12-20)31-24(34)30-13-17-10-16(14-35-2)8-9-21(17)37-25(26,27)28/h3-10,18,20H,11-14,29H2,1-2H3,(H2,30,31,34)/t18-,20-. The fraction of sp³-hybridized carbons (Fsp3) is 0.360. The van der Waals surface area contributed by atoms with Crippen molar-refractivity contribution >= 4 is 11.8 Å². The van der Waals surface area contributed by atoms with Crippen molar-refractivity contribution in [3.05, 3.63) is 65.2 Å². The molecule has 1 fully saturated rings. The van der Waals surface area contributed by atoms with E-state index in [2.05, 4.69) is 20.5 Å². The Morgan fingerprint density at radius 1 is 1.19 bits per heavy atom. The zero-order valence-electron chi connectivity index (χ0n) is 20.3. The second-order valence-electron chi connectivity index (χ2n) is 8.73. The van der Waals surface area contributed by atoms with Gasteiger partial charge in [0.2, 0.25) is 5.88 Å². The number of aromatic nitrogens is 2. The minimum Gasteiger partial charge on any atom is -0.473 e. The smallest absolute Gasteiger partial charge is 0.473 e. The summed E-state index contributed by atoms with van der Waals surface area (Å²) in [7, 11) is 1.47. The number of alkyl halides is 3. The van der Waals surface area contributed by atoms with Gasteiger partial charge in [-0.3, -0.25) is 5.32 Å². The summed E-state index contributed by atoms with van der Waals surface area (Å²) >= 11 is 0. The summed E-state index contributed by atoms with van der Waals surface area (Å²) in [5, 5.41) is 9.88. The highest BCUT2D eigenvalue weighted by atomic mass is 19.4. The first kappa shape index (κ1) is 26.3. The minimum atomic E-state index is -4.88. The molecule has 1 aliphatic rings. The molecule has 0 spiro atoms. The molecule has 0 radical (unpaired) electrons. The van der Waals surface area contributed by atoms with Crippen molar-refractivity contribution < 1.29 is 32.2 Å². The molecule has 1 heterocycles. The van der Waals surface area contributed by atoms with Gasteiger partial charge in [0.25, 0.3) is 0 Å². The maximum absolute atomic E-state index is 12.9. The minimum absolute atomic E-state index is 0.0547. The Kier molecular flexibility index (Phi) is 7.89. The molecule has 2 amide bonds. The monoisotopic (exact) mass is 519 g/mol. The number of nitrogens with zero attached hydrogens (tertiary/aromatic N) is 2. The predicted molar refractivity (Wildman–Crippen MR) is 130 cm³/mol. The van der Waals surface area contributed by atoms with Crippen LogP contribution in [0.4, 0.5) is 23.8 Å². The van der Waals surface area contributed by atoms with Gasteiger partial charge in [-0.1, -0.05) is 24.3 Å². The highest BCUT2D eigenvalue weighted by Gasteiger charge is 2.32. The number of hydrogen-bond donors (Lipinski definition) is 3. The first-order valence-electron chi connectivity index (χ1n) is 11.6. The number of carbonyl (C=O) groups is 1. The second kappa shape index (κ2) is 11.1. The average Bonchev–Trinajstić information content (AvgIpc) is 3.13. The van der Waals surface area contributed by atoms with E-state index >= 15 is 0 Å². The Labute approximate surface area is 211 Å². The molecular formula is C25H28F3N5O4. The predicted octanol–water partition coefficient (Wildman–Crippen LogP) is 4.42. The number of nitrogens with one attached hydrogen (secondary N) is 2. The SMILES string of the molecule is COCc1ccc(OC(F)(F)F)c(CNC(=O)Nc2c(C)c(O[C@H]3C[C@H](N)C3)nn2-c2ccccc2)c1. The molecule has 1 aliphatic carbocycles. The summed E-state index contributed by atoms with van der Waals surface area (Å²) in [5.41, 5.74) is 7.91. The largest absolute Gasteiger partial charge is 0.573 e. The van der Waals surface area contributed by atoms with Gasteiger partial charge in [0.05, 0.1) is 17.9 Å². The summed E-state index contributed by atoms with van der Waals surface area (Å²) < 4.78 is 55.3. The third-order valence-electron chi connectivity index (χ3n) is 5.82. The Morgan fingerprint density at radius 2 is 1.92 bits per heavy atom. The van der Waals surface area contributed by atoms with Gasteiger partial charge in [-0.05, 0) is 49.6 Å². The van der Waals surface area contributed by atoms with E-state index in [1.165, 1.54) is 25.3 Å². The lowest BCUT2D eigenvalue weighted by molar-refractivity contribution is -0.274. The third kappa shape index (κ3) is 6.71. The number of para-hydroxylation sites is 1. The van der Waals surface area contributed by atoms with E-state index in [-0.39, 0.29) is 30.9 Å². The zero-order chi connectivity index (χ0) is 26.6. The molecule has 9 nitrogen and oxygen atoms in total. The van der Waals surface area contributed by atoms with Crippen LogP contribution in [0.1, 0.15) is 29.5 Å². The normalized spacial score (nSPS) is 17.1. The molecule has 0 saturated heterocycles. The van der Waals surface area contributed by atoms with Crippen molar-refractivity contribution in [2.75, 3.05) is 12.4 Å². The molecule has 0 unspecified atom stereocenters. The fourth-order valence-electron chi connectivity index (χ4n) is 3.93. The molecule has 0 atom stereocenters. The number of anilines is 1. The Bertz CT molecular complexity index is 1230. The van der Waals surface area contributed by atoms with Crippen LogP contribution in [0, 0.1) is 6.92 Å². The highest BCUT2D eigenvalue weighted by molar-refractivity contribution is 5.89. The Balaban J connectivity index is 1.53. The summed E-state index contributed by atoms with van der Waals surface area (Å²) in [6.45, 7) is 1.73. The van der Waals surface area contributed by atoms with Crippen molar-refractivity contribution in [1.29, 1.82) is 0 Å². The van der Waals surface area contributed by atoms with Crippen LogP contribution in [0.3, 0.4) is 0 Å². The van der Waals surface area contributed by atoms with E-state index < -0.39 is 18.1 Å². The van der Waals surface area contributed by atoms with Gasteiger partial charge >= 0.3 is 12.4 Å². The molecule has 37 heavy (non-hydrogen) atoms. The van der Waals surface area contributed by atoms with Gasteiger partial charge in [-0.25, -0.2) is 9.48 Å². The van der Waals surface area contributed by atoms with Gasteiger partial charge in [-0.2, -0.15) is 0 Å². The van der Waals surface area contributed by atoms with E-state index in [9.17, 15) is 18.0 Å². The van der Waals surface area contributed by atoms with E-state index in [0.29, 0.717) is 41.4 Å². The van der Waals surface area contributed by atoms with Gasteiger partial charge in [0.1, 0.15) is 17.7 Å². The molecule has 198 valence electrons. The molecule has 0 aliphatic heterocycles. The lowest BCUT2D eigenvalue weighted by Gasteiger charge is -2.31. The van der Waals surface area contributed by atoms with E-state index in [1.54, 1.807) is 11.6 Å². The van der Waals surface area contributed by atoms with Gasteiger partial charge in [-0.15, -0.1) is 18.3 Å². The Hall–Kier alpha value is -3.77. The van der Waals surface area contributed by atoms with Gasteiger partial charge < -0.3 is 25.3 Å². The molecule has 1 saturated carbocycles. The molecule has 3 aromatic rings. The topological polar surface area (TPSA) is 113 Å². The molecule has 2 aromatic carbocycles. The molecule has 0 bridgehead atoms. The number of methoxy groups -OCH3 is 1. The number of nitrogens with two attached hydrogens (primary N) is 1. The molecular weight excluding hydrogens is 491 g/mol. The van der Waals surface area contributed by atoms with Crippen LogP contribution in [0.25, 0.3) is 5.69 Å². The fourth-order valence-corrected chi connectivity index (χ4v) is 3.93. The summed E-state index contributed by atoms with van der Waals surface area (Å²) in [6.07, 6.45) is -3.50. The number of amides is 2. The molecule has 1 aromatic heterocycles. The number of carbonyl (C=O) groups excluding carboxylic acids is 1. The molecule has 12 heteroatoms. The number of rotatable bonds is 9. The van der Waals surface area contributed by atoms with Crippen LogP contribution in [-0.4, -0.2) is 41.4 Å². The third-order valence-corrected chi connectivity index (χ3v) is 5.82. The highest BCUT2D eigenvalue weighted by Crippen LogP contribution is 2.32. The number of hydrogen-bond acceptors (Lipinski definition) is 6. The average molecular weight is 520 g/mol. The summed E-state index contributed by atoms with van der Waals surface area (Å²) in [5.74, 6) is 0.318. The Morgan fingerprint density at radius 3 is 2.57 bits per heavy atom. The van der Waals surface area contributed by atoms with Crippen molar-refractivity contribution in [3.63, 3.8) is 0 Å². The maximum atomic E-state index is 12.9. The maximum Gasteiger partial charge on any atom is 0.573 e. The lowest BCUT2D eigenvalue weighted by Crippen LogP contribution is -2.43. The number of benzene rings is 2. The number of halogens is 3. The lowest BCUT2D eigenvalue weighted by atomic mass is 9.90. The van der Waals surface area contributed by atoms with Gasteiger partial charge in [0.15, 0.2) is 0 Å². The first-order valence-corrected chi connectivity index (χ1v) is 11.6. The molecule has 4 N–H and O–H groups in total. The van der Waals surface area contributed by atoms with Crippen LogP contribution < -0.4 is 25.8 Å². The summed E-state index contributed by atoms with van der Waals surface area (Å²) in [4.78, 5) is 12.9. The van der Waals surface area contributed by atoms with Crippen molar-refractivity contribution in [2.24, 2.45) is 5.73 Å².